The number of nitrogens with zero attached hydrogens (tertiary/aromatic N) is 2. The molecule has 0 aromatic rings. The molecule has 0 atom stereocenters. The summed E-state index contributed by atoms with van der Waals surface area (Å²) in [4.78, 5) is 0. The van der Waals surface area contributed by atoms with Gasteiger partial charge in [-0.05, 0) is 0 Å². The number of guanidine groups is 1. The maximum Gasteiger partial charge on any atom is 2.00 e. The van der Waals surface area contributed by atoms with Gasteiger partial charge < -0.3 is 36.7 Å². The van der Waals surface area contributed by atoms with E-state index in [0.717, 1.165) is 0 Å². The minimum atomic E-state index is -0.333. The van der Waals surface area contributed by atoms with E-state index in [1.165, 1.54) is 10.8 Å². The van der Waals surface area contributed by atoms with Gasteiger partial charge in [-0.2, -0.15) is 0 Å². The number of nitrogens with one attached hydrogen (secondary N) is 1. The molecular weight excluding hydrogens is 377 g/mol. The molecular formula is C3H5N5PbS2. The van der Waals surface area contributed by atoms with Gasteiger partial charge in [-0.3, -0.25) is 5.41 Å². The predicted octanol–water partition coefficient (Wildman–Crippen LogP) is -1.51. The number of thiocyanates is 2. The van der Waals surface area contributed by atoms with E-state index in [9.17, 15) is 0 Å². The SMILES string of the molecule is N#C[S-].N#C[S-].N=C(N)N.[Pb+2]. The van der Waals surface area contributed by atoms with Crippen molar-refractivity contribution in [1.82, 2.24) is 0 Å². The fourth-order valence-corrected chi connectivity index (χ4v) is 0. The van der Waals surface area contributed by atoms with E-state index in [0.29, 0.717) is 0 Å². The van der Waals surface area contributed by atoms with Gasteiger partial charge in [0.2, 0.25) is 0 Å². The summed E-state index contributed by atoms with van der Waals surface area (Å²) in [6.45, 7) is 0. The molecule has 0 aliphatic heterocycles. The molecule has 0 bridgehead atoms. The van der Waals surface area contributed by atoms with Crippen LogP contribution in [0.25, 0.3) is 0 Å². The molecule has 0 saturated heterocycles. The van der Waals surface area contributed by atoms with Crippen molar-refractivity contribution in [1.29, 1.82) is 15.9 Å². The monoisotopic (exact) mass is 383 g/mol. The smallest absolute Gasteiger partial charge is 0.696 e. The Balaban J connectivity index is -0.0000000325. The van der Waals surface area contributed by atoms with Gasteiger partial charge in [0.25, 0.3) is 0 Å². The van der Waals surface area contributed by atoms with Crippen LogP contribution in [0.2, 0.25) is 0 Å². The van der Waals surface area contributed by atoms with Gasteiger partial charge in [0.15, 0.2) is 5.96 Å². The number of rotatable bonds is 0. The molecule has 2 radical (unpaired) electrons. The zero-order valence-electron chi connectivity index (χ0n) is 5.37. The molecule has 0 aliphatic carbocycles. The fourth-order valence-electron chi connectivity index (χ4n) is 0. The van der Waals surface area contributed by atoms with Crippen LogP contribution in [0.4, 0.5) is 0 Å². The van der Waals surface area contributed by atoms with Crippen molar-refractivity contribution >= 4 is 58.5 Å². The van der Waals surface area contributed by atoms with Crippen molar-refractivity contribution in [2.24, 2.45) is 11.5 Å². The van der Waals surface area contributed by atoms with Crippen molar-refractivity contribution in [2.45, 2.75) is 0 Å². The standard InChI is InChI=1S/CH5N3.2CHNS.Pb/c2-1(3)4;2*2-1-3;/h(H5,2,3,4);2*3H;/q;;;+2/p-2. The Morgan fingerprint density at radius 1 is 1.18 bits per heavy atom. The van der Waals surface area contributed by atoms with E-state index in [2.05, 4.69) is 36.7 Å². The Kier molecular flexibility index (Phi) is 68.3. The molecule has 11 heavy (non-hydrogen) atoms. The second kappa shape index (κ2) is 33.5. The Bertz CT molecular complexity index is 131. The van der Waals surface area contributed by atoms with Crippen molar-refractivity contribution in [3.63, 3.8) is 0 Å². The first-order valence-electron chi connectivity index (χ1n) is 1.68. The third-order valence-corrected chi connectivity index (χ3v) is 0. The van der Waals surface area contributed by atoms with E-state index in [-0.39, 0.29) is 33.3 Å². The maximum atomic E-state index is 7.13. The van der Waals surface area contributed by atoms with Crippen LogP contribution in [0.3, 0.4) is 0 Å². The first-order chi connectivity index (χ1) is 4.56. The summed E-state index contributed by atoms with van der Waals surface area (Å²) < 4.78 is 0. The molecule has 0 fully saturated rings. The van der Waals surface area contributed by atoms with Crippen LogP contribution in [-0.2, 0) is 25.3 Å². The summed E-state index contributed by atoms with van der Waals surface area (Å²) in [5.41, 5.74) is 8.94. The first-order valence-corrected chi connectivity index (χ1v) is 2.50. The van der Waals surface area contributed by atoms with Gasteiger partial charge in [-0.1, -0.05) is 10.8 Å². The van der Waals surface area contributed by atoms with Gasteiger partial charge in [0.05, 0.1) is 0 Å². The molecule has 0 spiro atoms. The van der Waals surface area contributed by atoms with Crippen LogP contribution < -0.4 is 11.5 Å². The molecule has 0 amide bonds. The van der Waals surface area contributed by atoms with Gasteiger partial charge in [-0.15, -0.1) is 0 Å². The van der Waals surface area contributed by atoms with Gasteiger partial charge in [-0.25, -0.2) is 10.5 Å². The van der Waals surface area contributed by atoms with Crippen LogP contribution in [0.15, 0.2) is 0 Å². The number of hydrogen-bond donors (Lipinski definition) is 3. The molecule has 0 rings (SSSR count). The second-order valence-corrected chi connectivity index (χ2v) is 1.00. The Hall–Kier alpha value is -0.388. The summed E-state index contributed by atoms with van der Waals surface area (Å²) in [6.07, 6.45) is 0. The zero-order chi connectivity index (χ0) is 8.99. The van der Waals surface area contributed by atoms with E-state index in [1.54, 1.807) is 0 Å². The van der Waals surface area contributed by atoms with E-state index in [1.807, 2.05) is 0 Å². The Morgan fingerprint density at radius 2 is 1.18 bits per heavy atom. The minimum Gasteiger partial charge on any atom is -0.696 e. The topological polar surface area (TPSA) is 123 Å². The van der Waals surface area contributed by atoms with Crippen molar-refractivity contribution in [3.8, 4) is 10.8 Å². The summed E-state index contributed by atoms with van der Waals surface area (Å²) in [7, 11) is 0. The molecule has 0 heterocycles. The second-order valence-electron chi connectivity index (χ2n) is 0.638. The summed E-state index contributed by atoms with van der Waals surface area (Å²) in [5, 5.41) is 23.0. The summed E-state index contributed by atoms with van der Waals surface area (Å²) in [5.74, 6) is -0.333. The molecule has 8 heteroatoms. The van der Waals surface area contributed by atoms with Crippen LogP contribution >= 0.6 is 0 Å². The zero-order valence-corrected chi connectivity index (χ0v) is 10.9. The fraction of sp³-hybridized carbons (Fsp3) is 0. The molecule has 0 saturated carbocycles. The molecule has 5 nitrogen and oxygen atoms in total. The van der Waals surface area contributed by atoms with Crippen molar-refractivity contribution in [3.05, 3.63) is 0 Å². The van der Waals surface area contributed by atoms with Crippen molar-refractivity contribution in [2.75, 3.05) is 0 Å². The molecule has 5 N–H and O–H groups in total. The van der Waals surface area contributed by atoms with E-state index >= 15 is 0 Å². The quantitative estimate of drug-likeness (QED) is 0.154. The third kappa shape index (κ3) is 3700. The predicted molar refractivity (Wildman–Crippen MR) is 47.8 cm³/mol. The maximum absolute atomic E-state index is 7.13. The average Bonchev–Trinajstić information content (AvgIpc) is 1.65. The number of nitrogens with two attached hydrogens (primary N) is 2. The normalized spacial score (nSPS) is 3.45. The van der Waals surface area contributed by atoms with Crippen LogP contribution in [0, 0.1) is 26.7 Å². The van der Waals surface area contributed by atoms with Crippen LogP contribution in [0.1, 0.15) is 0 Å². The summed E-state index contributed by atoms with van der Waals surface area (Å²) in [6, 6.07) is 0. The molecule has 0 unspecified atom stereocenters. The first kappa shape index (κ1) is 22.4. The number of nitriles is 2. The van der Waals surface area contributed by atoms with E-state index in [4.69, 9.17) is 15.9 Å². The van der Waals surface area contributed by atoms with Crippen LogP contribution in [-0.4, -0.2) is 33.3 Å². The van der Waals surface area contributed by atoms with E-state index < -0.39 is 0 Å². The average molecular weight is 382 g/mol. The summed E-state index contributed by atoms with van der Waals surface area (Å²) >= 11 is 7.40. The van der Waals surface area contributed by atoms with Gasteiger partial charge in [0, 0.05) is 0 Å². The molecule has 58 valence electrons. The third-order valence-electron chi connectivity index (χ3n) is 0. The Labute approximate surface area is 96.2 Å². The molecule has 0 aliphatic rings. The minimum absolute atomic E-state index is 0. The molecule has 0 aromatic carbocycles. The van der Waals surface area contributed by atoms with Gasteiger partial charge in [0.1, 0.15) is 0 Å². The number of hydrogen-bond acceptors (Lipinski definition) is 5. The van der Waals surface area contributed by atoms with Crippen LogP contribution in [0.5, 0.6) is 0 Å². The Morgan fingerprint density at radius 3 is 1.18 bits per heavy atom. The van der Waals surface area contributed by atoms with Gasteiger partial charge >= 0.3 is 27.3 Å². The van der Waals surface area contributed by atoms with Crippen molar-refractivity contribution < 1.29 is 0 Å². The largest absolute Gasteiger partial charge is 2.00 e. The molecule has 0 aromatic heterocycles.